The number of nitrogens with two attached hydrogens (primary N) is 1. The van der Waals surface area contributed by atoms with Crippen molar-refractivity contribution in [1.29, 1.82) is 0 Å². The Balaban J connectivity index is 1.76. The quantitative estimate of drug-likeness (QED) is 0.708. The first-order valence-electron chi connectivity index (χ1n) is 7.74. The number of hydrogen-bond acceptors (Lipinski definition) is 6. The van der Waals surface area contributed by atoms with Crippen LogP contribution in [0, 0.1) is 6.92 Å². The van der Waals surface area contributed by atoms with E-state index in [1.165, 1.54) is 29.5 Å². The van der Waals surface area contributed by atoms with E-state index in [2.05, 4.69) is 20.3 Å². The van der Waals surface area contributed by atoms with E-state index in [-0.39, 0.29) is 18.2 Å². The maximum absolute atomic E-state index is 12.8. The number of nitrogens with zero attached hydrogens (tertiary/aromatic N) is 3. The van der Waals surface area contributed by atoms with Gasteiger partial charge < -0.3 is 11.1 Å². The lowest BCUT2D eigenvalue weighted by atomic mass is 10.1. The molecule has 6 nitrogen and oxygen atoms in total. The van der Waals surface area contributed by atoms with Crippen LogP contribution in [0.2, 0.25) is 0 Å². The highest BCUT2D eigenvalue weighted by atomic mass is 32.1. The Morgan fingerprint density at radius 3 is 2.67 bits per heavy atom. The molecule has 0 aliphatic heterocycles. The molecule has 0 saturated heterocycles. The van der Waals surface area contributed by atoms with Gasteiger partial charge in [0.1, 0.15) is 16.4 Å². The number of alkyl halides is 3. The third kappa shape index (κ3) is 4.59. The van der Waals surface area contributed by atoms with E-state index in [1.807, 2.05) is 12.3 Å². The highest BCUT2D eigenvalue weighted by molar-refractivity contribution is 7.13. The highest BCUT2D eigenvalue weighted by Crippen LogP contribution is 2.29. The number of nitrogens with one attached hydrogen (secondary N) is 1. The second-order valence-corrected chi connectivity index (χ2v) is 6.53. The van der Waals surface area contributed by atoms with Crippen LogP contribution in [0.3, 0.4) is 0 Å². The average Bonchev–Trinajstić information content (AvgIpc) is 3.05. The second kappa shape index (κ2) is 7.31. The first-order valence-corrected chi connectivity index (χ1v) is 8.62. The van der Waals surface area contributed by atoms with E-state index in [0.29, 0.717) is 16.3 Å². The van der Waals surface area contributed by atoms with Crippen molar-refractivity contribution < 1.29 is 18.0 Å². The van der Waals surface area contributed by atoms with E-state index in [9.17, 15) is 18.0 Å². The van der Waals surface area contributed by atoms with Crippen molar-refractivity contribution >= 4 is 23.2 Å². The van der Waals surface area contributed by atoms with Crippen molar-refractivity contribution in [3.8, 4) is 10.7 Å². The zero-order valence-electron chi connectivity index (χ0n) is 14.0. The molecule has 1 amide bonds. The fourth-order valence-corrected chi connectivity index (χ4v) is 3.05. The molecule has 140 valence electrons. The topological polar surface area (TPSA) is 93.8 Å². The van der Waals surface area contributed by atoms with Gasteiger partial charge in [0.25, 0.3) is 5.91 Å². The van der Waals surface area contributed by atoms with Gasteiger partial charge in [-0.1, -0.05) is 12.1 Å². The average molecular weight is 393 g/mol. The lowest BCUT2D eigenvalue weighted by Crippen LogP contribution is -2.24. The normalized spacial score (nSPS) is 11.4. The number of rotatable bonds is 4. The predicted molar refractivity (Wildman–Crippen MR) is 94.9 cm³/mol. The van der Waals surface area contributed by atoms with Crippen LogP contribution in [0.5, 0.6) is 0 Å². The van der Waals surface area contributed by atoms with Crippen LogP contribution in [0.1, 0.15) is 27.3 Å². The Morgan fingerprint density at radius 1 is 1.22 bits per heavy atom. The van der Waals surface area contributed by atoms with Crippen LogP contribution < -0.4 is 11.1 Å². The van der Waals surface area contributed by atoms with Gasteiger partial charge in [-0.15, -0.1) is 11.3 Å². The van der Waals surface area contributed by atoms with Gasteiger partial charge in [-0.25, -0.2) is 15.0 Å². The Hall–Kier alpha value is -3.01. The number of carbonyl (C=O) groups is 1. The molecular formula is C17H14F3N5OS. The summed E-state index contributed by atoms with van der Waals surface area (Å²) in [6.45, 7) is 1.74. The van der Waals surface area contributed by atoms with Crippen molar-refractivity contribution in [3.05, 3.63) is 58.2 Å². The lowest BCUT2D eigenvalue weighted by molar-refractivity contribution is -0.137. The SMILES string of the molecule is Cc1csc(-c2cc(C(=O)NCc3cccc(C(F)(F)F)c3)nc(N)n2)n1. The molecule has 0 aliphatic rings. The Morgan fingerprint density at radius 2 is 2.00 bits per heavy atom. The van der Waals surface area contributed by atoms with Crippen molar-refractivity contribution in [1.82, 2.24) is 20.3 Å². The number of benzene rings is 1. The molecule has 0 spiro atoms. The summed E-state index contributed by atoms with van der Waals surface area (Å²) in [4.78, 5) is 24.6. The molecule has 0 bridgehead atoms. The van der Waals surface area contributed by atoms with Gasteiger partial charge >= 0.3 is 6.18 Å². The molecule has 3 aromatic rings. The summed E-state index contributed by atoms with van der Waals surface area (Å²) in [6, 6.07) is 6.18. The van der Waals surface area contributed by atoms with Crippen molar-refractivity contribution in [2.24, 2.45) is 0 Å². The lowest BCUT2D eigenvalue weighted by Gasteiger charge is -2.10. The van der Waals surface area contributed by atoms with Crippen LogP contribution in [0.4, 0.5) is 19.1 Å². The monoisotopic (exact) mass is 393 g/mol. The van der Waals surface area contributed by atoms with Gasteiger partial charge in [0.05, 0.1) is 5.56 Å². The summed E-state index contributed by atoms with van der Waals surface area (Å²) >= 11 is 1.35. The summed E-state index contributed by atoms with van der Waals surface area (Å²) in [5, 5.41) is 4.96. The van der Waals surface area contributed by atoms with Crippen molar-refractivity contribution in [2.75, 3.05) is 5.73 Å². The third-order valence-corrected chi connectivity index (χ3v) is 4.50. The summed E-state index contributed by atoms with van der Waals surface area (Å²) in [6.07, 6.45) is -4.44. The summed E-state index contributed by atoms with van der Waals surface area (Å²) in [5.74, 6) is -0.666. The molecule has 0 aliphatic carbocycles. The van der Waals surface area contributed by atoms with E-state index in [1.54, 1.807) is 0 Å². The minimum atomic E-state index is -4.44. The van der Waals surface area contributed by atoms with Gasteiger partial charge in [-0.3, -0.25) is 4.79 Å². The van der Waals surface area contributed by atoms with Gasteiger partial charge in [0, 0.05) is 17.6 Å². The third-order valence-electron chi connectivity index (χ3n) is 3.52. The Bertz CT molecular complexity index is 987. The number of carbonyl (C=O) groups excluding carboxylic acids is 1. The summed E-state index contributed by atoms with van der Waals surface area (Å²) in [7, 11) is 0. The first-order chi connectivity index (χ1) is 12.7. The molecule has 10 heteroatoms. The van der Waals surface area contributed by atoms with Gasteiger partial charge in [0.2, 0.25) is 5.95 Å². The molecule has 27 heavy (non-hydrogen) atoms. The highest BCUT2D eigenvalue weighted by Gasteiger charge is 2.30. The minimum absolute atomic E-state index is 0.0114. The van der Waals surface area contributed by atoms with Gasteiger partial charge in [-0.05, 0) is 30.7 Å². The maximum Gasteiger partial charge on any atom is 0.416 e. The van der Waals surface area contributed by atoms with Crippen LogP contribution in [-0.4, -0.2) is 20.9 Å². The number of thiazole rings is 1. The minimum Gasteiger partial charge on any atom is -0.368 e. The standard InChI is InChI=1S/C17H14F3N5OS/c1-9-8-27-15(23-9)13-6-12(24-16(21)25-13)14(26)22-7-10-3-2-4-11(5-10)17(18,19)20/h2-6,8H,7H2,1H3,(H,22,26)(H2,21,24,25). The Labute approximate surface area is 156 Å². The fraction of sp³-hybridized carbons (Fsp3) is 0.176. The number of halogens is 3. The zero-order valence-corrected chi connectivity index (χ0v) is 14.9. The molecule has 3 N–H and O–H groups in total. The van der Waals surface area contributed by atoms with Gasteiger partial charge in [-0.2, -0.15) is 13.2 Å². The molecule has 0 atom stereocenters. The van der Waals surface area contributed by atoms with Crippen LogP contribution >= 0.6 is 11.3 Å². The number of aromatic nitrogens is 3. The maximum atomic E-state index is 12.8. The fourth-order valence-electron chi connectivity index (χ4n) is 2.29. The van der Waals surface area contributed by atoms with Gasteiger partial charge in [0.15, 0.2) is 0 Å². The zero-order chi connectivity index (χ0) is 19.6. The molecule has 0 radical (unpaired) electrons. The molecule has 1 aromatic carbocycles. The molecule has 0 unspecified atom stereocenters. The molecule has 2 aromatic heterocycles. The predicted octanol–water partition coefficient (Wildman–Crippen LogP) is 3.44. The van der Waals surface area contributed by atoms with Crippen molar-refractivity contribution in [2.45, 2.75) is 19.6 Å². The van der Waals surface area contributed by atoms with Crippen LogP contribution in [0.15, 0.2) is 35.7 Å². The first kappa shape index (κ1) is 18.8. The number of anilines is 1. The smallest absolute Gasteiger partial charge is 0.368 e. The molecular weight excluding hydrogens is 379 g/mol. The largest absolute Gasteiger partial charge is 0.416 e. The number of amides is 1. The molecule has 3 rings (SSSR count). The van der Waals surface area contributed by atoms with E-state index >= 15 is 0 Å². The number of hydrogen-bond donors (Lipinski definition) is 2. The summed E-state index contributed by atoms with van der Waals surface area (Å²) < 4.78 is 38.3. The number of aryl methyl sites for hydroxylation is 1. The van der Waals surface area contributed by atoms with Crippen LogP contribution in [0.25, 0.3) is 10.7 Å². The number of nitrogen functional groups attached to an aromatic ring is 1. The van der Waals surface area contributed by atoms with E-state index in [4.69, 9.17) is 5.73 Å². The molecule has 0 saturated carbocycles. The van der Waals surface area contributed by atoms with E-state index in [0.717, 1.165) is 17.8 Å². The Kier molecular flexibility index (Phi) is 5.08. The molecule has 2 heterocycles. The van der Waals surface area contributed by atoms with Crippen LogP contribution in [-0.2, 0) is 12.7 Å². The summed E-state index contributed by atoms with van der Waals surface area (Å²) in [5.41, 5.74) is 6.43. The van der Waals surface area contributed by atoms with E-state index < -0.39 is 17.6 Å². The molecule has 0 fully saturated rings. The van der Waals surface area contributed by atoms with Crippen molar-refractivity contribution in [3.63, 3.8) is 0 Å². The second-order valence-electron chi connectivity index (χ2n) is 5.67.